The van der Waals surface area contributed by atoms with Crippen LogP contribution in [0.25, 0.3) is 0 Å². The molecule has 3 aliphatic rings. The van der Waals surface area contributed by atoms with Crippen molar-refractivity contribution >= 4 is 0 Å². The maximum atomic E-state index is 9.36. The first kappa shape index (κ1) is 9.66. The summed E-state index contributed by atoms with van der Waals surface area (Å²) in [5, 5.41) is 9.36. The summed E-state index contributed by atoms with van der Waals surface area (Å²) in [4.78, 5) is 0. The van der Waals surface area contributed by atoms with Crippen molar-refractivity contribution in [2.75, 3.05) is 0 Å². The van der Waals surface area contributed by atoms with Gasteiger partial charge in [-0.1, -0.05) is 42.5 Å². The van der Waals surface area contributed by atoms with Gasteiger partial charge in [-0.2, -0.15) is 5.26 Å². The molecule has 4 atom stereocenters. The maximum Gasteiger partial charge on any atom is 0.0668 e. The molecular formula is C15H15N. The van der Waals surface area contributed by atoms with Crippen molar-refractivity contribution in [2.45, 2.75) is 18.8 Å². The Morgan fingerprint density at radius 2 is 1.69 bits per heavy atom. The second kappa shape index (κ2) is 3.79. The molecule has 3 aliphatic carbocycles. The molecule has 0 aromatic heterocycles. The molecule has 16 heavy (non-hydrogen) atoms. The number of benzene rings is 1. The summed E-state index contributed by atoms with van der Waals surface area (Å²) in [7, 11) is 0. The minimum absolute atomic E-state index is 0.186. The molecular weight excluding hydrogens is 194 g/mol. The topological polar surface area (TPSA) is 23.8 Å². The summed E-state index contributed by atoms with van der Waals surface area (Å²) in [6, 6.07) is 13.1. The van der Waals surface area contributed by atoms with Crippen LogP contribution >= 0.6 is 0 Å². The highest BCUT2D eigenvalue weighted by molar-refractivity contribution is 5.29. The summed E-state index contributed by atoms with van der Waals surface area (Å²) >= 11 is 0. The quantitative estimate of drug-likeness (QED) is 0.649. The van der Waals surface area contributed by atoms with E-state index in [2.05, 4.69) is 42.5 Å². The van der Waals surface area contributed by atoms with E-state index in [0.29, 0.717) is 17.8 Å². The van der Waals surface area contributed by atoms with Crippen LogP contribution in [0.5, 0.6) is 0 Å². The van der Waals surface area contributed by atoms with E-state index in [0.717, 1.165) is 0 Å². The summed E-state index contributed by atoms with van der Waals surface area (Å²) < 4.78 is 0. The Morgan fingerprint density at radius 1 is 1.00 bits per heavy atom. The molecule has 1 aromatic carbocycles. The molecule has 4 unspecified atom stereocenters. The molecule has 4 rings (SSSR count). The van der Waals surface area contributed by atoms with Crippen LogP contribution in [0.1, 0.15) is 24.3 Å². The van der Waals surface area contributed by atoms with Crippen molar-refractivity contribution in [3.8, 4) is 6.07 Å². The molecule has 80 valence electrons. The monoisotopic (exact) mass is 209 g/mol. The fraction of sp³-hybridized carbons (Fsp3) is 0.400. The Morgan fingerprint density at radius 3 is 2.31 bits per heavy atom. The van der Waals surface area contributed by atoms with Gasteiger partial charge in [-0.3, -0.25) is 0 Å². The second-order valence-electron chi connectivity index (χ2n) is 4.88. The summed E-state index contributed by atoms with van der Waals surface area (Å²) in [6.45, 7) is 0. The highest BCUT2D eigenvalue weighted by Gasteiger charge is 2.41. The van der Waals surface area contributed by atoms with Gasteiger partial charge in [-0.05, 0) is 30.2 Å². The van der Waals surface area contributed by atoms with Crippen LogP contribution < -0.4 is 0 Å². The van der Waals surface area contributed by atoms with Gasteiger partial charge >= 0.3 is 0 Å². The van der Waals surface area contributed by atoms with Gasteiger partial charge in [0, 0.05) is 5.92 Å². The van der Waals surface area contributed by atoms with E-state index >= 15 is 0 Å². The van der Waals surface area contributed by atoms with Crippen LogP contribution in [0.4, 0.5) is 0 Å². The number of nitriles is 1. The van der Waals surface area contributed by atoms with Crippen LogP contribution in [-0.4, -0.2) is 0 Å². The third-order valence-corrected chi connectivity index (χ3v) is 4.08. The van der Waals surface area contributed by atoms with Gasteiger partial charge in [-0.25, -0.2) is 0 Å². The Bertz CT molecular complexity index is 440. The Balaban J connectivity index is 2.01. The SMILES string of the molecule is N#CC1C2C=CC(CC2)C1c1ccccc1. The number of hydrogen-bond acceptors (Lipinski definition) is 1. The van der Waals surface area contributed by atoms with E-state index in [4.69, 9.17) is 0 Å². The first-order valence-electron chi connectivity index (χ1n) is 6.03. The van der Waals surface area contributed by atoms with E-state index in [1.54, 1.807) is 0 Å². The van der Waals surface area contributed by atoms with Crippen molar-refractivity contribution in [3.05, 3.63) is 48.0 Å². The zero-order valence-electron chi connectivity index (χ0n) is 9.21. The summed E-state index contributed by atoms with van der Waals surface area (Å²) in [5.41, 5.74) is 1.34. The van der Waals surface area contributed by atoms with Crippen molar-refractivity contribution in [2.24, 2.45) is 17.8 Å². The summed E-state index contributed by atoms with van der Waals surface area (Å²) in [6.07, 6.45) is 7.04. The van der Waals surface area contributed by atoms with E-state index in [1.165, 1.54) is 18.4 Å². The number of fused-ring (bicyclic) bond motifs is 2. The normalized spacial score (nSPS) is 35.9. The number of rotatable bonds is 1. The predicted octanol–water partition coefficient (Wildman–Crippen LogP) is 3.51. The Labute approximate surface area is 96.4 Å². The number of allylic oxidation sites excluding steroid dienone is 2. The highest BCUT2D eigenvalue weighted by Crippen LogP contribution is 2.49. The predicted molar refractivity (Wildman–Crippen MR) is 63.6 cm³/mol. The lowest BCUT2D eigenvalue weighted by Gasteiger charge is -2.42. The van der Waals surface area contributed by atoms with Crippen LogP contribution in [0.15, 0.2) is 42.5 Å². The van der Waals surface area contributed by atoms with E-state index in [9.17, 15) is 5.26 Å². The molecule has 2 bridgehead atoms. The van der Waals surface area contributed by atoms with E-state index < -0.39 is 0 Å². The van der Waals surface area contributed by atoms with Gasteiger partial charge in [0.05, 0.1) is 12.0 Å². The molecule has 1 nitrogen and oxygen atoms in total. The average Bonchev–Trinajstić information content (AvgIpc) is 2.40. The van der Waals surface area contributed by atoms with Gasteiger partial charge in [-0.15, -0.1) is 0 Å². The van der Waals surface area contributed by atoms with Crippen molar-refractivity contribution in [3.63, 3.8) is 0 Å². The standard InChI is InChI=1S/C15H15N/c16-10-14-11-6-8-13(9-7-11)15(14)12-4-2-1-3-5-12/h1-6,8,11,13-15H,7,9H2. The number of nitrogens with zero attached hydrogens (tertiary/aromatic N) is 1. The fourth-order valence-electron chi connectivity index (χ4n) is 3.30. The van der Waals surface area contributed by atoms with Crippen molar-refractivity contribution in [1.82, 2.24) is 0 Å². The third kappa shape index (κ3) is 1.38. The maximum absolute atomic E-state index is 9.36. The van der Waals surface area contributed by atoms with Crippen molar-refractivity contribution < 1.29 is 0 Å². The zero-order valence-corrected chi connectivity index (χ0v) is 9.21. The largest absolute Gasteiger partial charge is 0.198 e. The first-order chi connectivity index (χ1) is 7.90. The molecule has 0 amide bonds. The Kier molecular flexibility index (Phi) is 2.29. The van der Waals surface area contributed by atoms with E-state index in [-0.39, 0.29) is 5.92 Å². The third-order valence-electron chi connectivity index (χ3n) is 4.08. The lowest BCUT2D eigenvalue weighted by Crippen LogP contribution is -2.34. The van der Waals surface area contributed by atoms with E-state index in [1.807, 2.05) is 6.07 Å². The van der Waals surface area contributed by atoms with Crippen LogP contribution in [0.3, 0.4) is 0 Å². The summed E-state index contributed by atoms with van der Waals surface area (Å²) in [5.74, 6) is 1.68. The molecule has 0 radical (unpaired) electrons. The lowest BCUT2D eigenvalue weighted by atomic mass is 9.61. The van der Waals surface area contributed by atoms with Gasteiger partial charge in [0.15, 0.2) is 0 Å². The van der Waals surface area contributed by atoms with Crippen molar-refractivity contribution in [1.29, 1.82) is 5.26 Å². The average molecular weight is 209 g/mol. The first-order valence-corrected chi connectivity index (χ1v) is 6.03. The lowest BCUT2D eigenvalue weighted by molar-refractivity contribution is 0.225. The molecule has 0 N–H and O–H groups in total. The smallest absolute Gasteiger partial charge is 0.0668 e. The molecule has 0 saturated heterocycles. The molecule has 1 saturated carbocycles. The minimum Gasteiger partial charge on any atom is -0.198 e. The van der Waals surface area contributed by atoms with Crippen LogP contribution in [0.2, 0.25) is 0 Å². The van der Waals surface area contributed by atoms with Gasteiger partial charge < -0.3 is 0 Å². The molecule has 0 heterocycles. The second-order valence-corrected chi connectivity index (χ2v) is 4.88. The van der Waals surface area contributed by atoms with Crippen LogP contribution in [0, 0.1) is 29.1 Å². The van der Waals surface area contributed by atoms with Gasteiger partial charge in [0.2, 0.25) is 0 Å². The minimum atomic E-state index is 0.186. The van der Waals surface area contributed by atoms with Gasteiger partial charge in [0.25, 0.3) is 0 Å². The fourth-order valence-corrected chi connectivity index (χ4v) is 3.30. The molecule has 0 spiro atoms. The molecule has 1 heteroatoms. The molecule has 1 aromatic rings. The zero-order chi connectivity index (χ0) is 11.0. The van der Waals surface area contributed by atoms with Gasteiger partial charge in [0.1, 0.15) is 0 Å². The molecule has 1 fully saturated rings. The highest BCUT2D eigenvalue weighted by atomic mass is 14.5. The number of hydrogen-bond donors (Lipinski definition) is 0. The molecule has 0 aliphatic heterocycles. The Hall–Kier alpha value is -1.55. The van der Waals surface area contributed by atoms with Crippen LogP contribution in [-0.2, 0) is 0 Å².